The molecular weight excluding hydrogens is 115 g/mol. The summed E-state index contributed by atoms with van der Waals surface area (Å²) in [5.74, 6) is 0. The van der Waals surface area contributed by atoms with Gasteiger partial charge in [-0.2, -0.15) is 5.10 Å². The topological polar surface area (TPSA) is 28.7 Å². The normalized spacial score (nSPS) is 7.50. The van der Waals surface area contributed by atoms with Crippen molar-refractivity contribution in [2.24, 2.45) is 0 Å². The summed E-state index contributed by atoms with van der Waals surface area (Å²) in [6.45, 7) is 0. The van der Waals surface area contributed by atoms with Crippen molar-refractivity contribution in [2.75, 3.05) is 0 Å². The van der Waals surface area contributed by atoms with Gasteiger partial charge in [0.2, 0.25) is 0 Å². The van der Waals surface area contributed by atoms with E-state index >= 15 is 0 Å². The van der Waals surface area contributed by atoms with Gasteiger partial charge >= 0.3 is 0 Å². The molecule has 0 aliphatic carbocycles. The van der Waals surface area contributed by atoms with Crippen molar-refractivity contribution in [1.29, 1.82) is 0 Å². The van der Waals surface area contributed by atoms with Gasteiger partial charge in [0.15, 0.2) is 0 Å². The molecule has 37 valence electrons. The summed E-state index contributed by atoms with van der Waals surface area (Å²) in [5.41, 5.74) is 0. The van der Waals surface area contributed by atoms with Gasteiger partial charge in [0, 0.05) is 25.1 Å². The van der Waals surface area contributed by atoms with E-state index in [-0.39, 0.29) is 18.9 Å². The van der Waals surface area contributed by atoms with Crippen LogP contribution in [0.15, 0.2) is 18.3 Å². The summed E-state index contributed by atoms with van der Waals surface area (Å²) in [6, 6.07) is 3.57. The molecule has 0 saturated carbocycles. The molecule has 0 bridgehead atoms. The van der Waals surface area contributed by atoms with Gasteiger partial charge in [-0.3, -0.25) is 5.10 Å². The van der Waals surface area contributed by atoms with Crippen LogP contribution < -0.4 is 0 Å². The Hall–Kier alpha value is -0.103. The zero-order valence-electron chi connectivity index (χ0n) is 4.59. The average Bonchev–Trinajstić information content (AvgIpc) is 1.69. The molecule has 1 rings (SSSR count). The van der Waals surface area contributed by atoms with Crippen LogP contribution >= 0.6 is 12.2 Å². The summed E-state index contributed by atoms with van der Waals surface area (Å²) in [6.07, 6.45) is 1.65. The quantitative estimate of drug-likeness (QED) is 0.403. The van der Waals surface area contributed by atoms with Crippen LogP contribution in [0.4, 0.5) is 0 Å². The standard InChI is InChI=1S/C4H4N2S.Li/c7-4-2-1-3-5-6-4;/h1-3H,(H,6,7);. The molecule has 0 spiro atoms. The van der Waals surface area contributed by atoms with Gasteiger partial charge in [-0.25, -0.2) is 0 Å². The fourth-order valence-electron chi connectivity index (χ4n) is 0.312. The minimum Gasteiger partial charge on any atom is -0.268 e. The number of H-pyrrole nitrogens is 1. The molecule has 0 unspecified atom stereocenters. The van der Waals surface area contributed by atoms with E-state index in [1.54, 1.807) is 18.3 Å². The Kier molecular flexibility index (Phi) is 3.80. The van der Waals surface area contributed by atoms with Crippen molar-refractivity contribution in [2.45, 2.75) is 0 Å². The molecule has 1 aromatic heterocycles. The van der Waals surface area contributed by atoms with Crippen LogP contribution in [0.25, 0.3) is 0 Å². The third-order valence-corrected chi connectivity index (χ3v) is 0.810. The van der Waals surface area contributed by atoms with Crippen molar-refractivity contribution in [1.82, 2.24) is 10.2 Å². The van der Waals surface area contributed by atoms with Gasteiger partial charge in [-0.1, -0.05) is 12.2 Å². The predicted molar refractivity (Wildman–Crippen MR) is 35.2 cm³/mol. The first-order valence-electron chi connectivity index (χ1n) is 1.89. The van der Waals surface area contributed by atoms with Crippen molar-refractivity contribution >= 4 is 31.1 Å². The number of nitrogens with one attached hydrogen (secondary N) is 1. The van der Waals surface area contributed by atoms with Gasteiger partial charge in [0.1, 0.15) is 4.64 Å². The molecule has 0 aliphatic heterocycles. The number of aromatic amines is 1. The van der Waals surface area contributed by atoms with E-state index in [0.717, 1.165) is 0 Å². The van der Waals surface area contributed by atoms with E-state index in [0.29, 0.717) is 4.64 Å². The molecule has 1 radical (unpaired) electrons. The molecule has 8 heavy (non-hydrogen) atoms. The minimum absolute atomic E-state index is 0. The molecule has 0 aliphatic rings. The summed E-state index contributed by atoms with van der Waals surface area (Å²) in [4.78, 5) is 0. The molecule has 1 N–H and O–H groups in total. The first kappa shape index (κ1) is 7.90. The zero-order chi connectivity index (χ0) is 5.11. The predicted octanol–water partition coefficient (Wildman–Crippen LogP) is 0.758. The molecule has 0 aromatic carbocycles. The monoisotopic (exact) mass is 119 g/mol. The van der Waals surface area contributed by atoms with Crippen LogP contribution in [0.1, 0.15) is 0 Å². The average molecular weight is 119 g/mol. The third kappa shape index (κ3) is 2.27. The Morgan fingerprint density at radius 3 is 2.62 bits per heavy atom. The third-order valence-electron chi connectivity index (χ3n) is 0.583. The number of rotatable bonds is 0. The number of aromatic nitrogens is 2. The van der Waals surface area contributed by atoms with E-state index < -0.39 is 0 Å². The Balaban J connectivity index is 0.000000490. The number of hydrogen-bond acceptors (Lipinski definition) is 2. The van der Waals surface area contributed by atoms with Crippen molar-refractivity contribution in [3.63, 3.8) is 0 Å². The van der Waals surface area contributed by atoms with E-state index in [9.17, 15) is 0 Å². The van der Waals surface area contributed by atoms with E-state index in [1.807, 2.05) is 0 Å². The second-order valence-corrected chi connectivity index (χ2v) is 1.55. The molecule has 0 fully saturated rings. The summed E-state index contributed by atoms with van der Waals surface area (Å²) >= 11 is 4.69. The van der Waals surface area contributed by atoms with Crippen molar-refractivity contribution < 1.29 is 0 Å². The van der Waals surface area contributed by atoms with Gasteiger partial charge in [0.25, 0.3) is 0 Å². The summed E-state index contributed by atoms with van der Waals surface area (Å²) < 4.78 is 0.669. The maximum atomic E-state index is 4.69. The molecular formula is C4H4LiN2S. The first-order valence-corrected chi connectivity index (χ1v) is 2.30. The Morgan fingerprint density at radius 2 is 2.38 bits per heavy atom. The fraction of sp³-hybridized carbons (Fsp3) is 0. The van der Waals surface area contributed by atoms with Gasteiger partial charge in [0.05, 0.1) is 0 Å². The van der Waals surface area contributed by atoms with Crippen molar-refractivity contribution in [3.8, 4) is 0 Å². The summed E-state index contributed by atoms with van der Waals surface area (Å²) in [7, 11) is 0. The van der Waals surface area contributed by atoms with Gasteiger partial charge in [-0.05, 0) is 12.1 Å². The maximum absolute atomic E-state index is 4.69. The molecule has 4 heteroatoms. The first-order chi connectivity index (χ1) is 3.39. The molecule has 0 amide bonds. The number of nitrogens with zero attached hydrogens (tertiary/aromatic N) is 1. The second-order valence-electron chi connectivity index (χ2n) is 1.11. The Morgan fingerprint density at radius 1 is 1.62 bits per heavy atom. The van der Waals surface area contributed by atoms with E-state index in [4.69, 9.17) is 12.2 Å². The van der Waals surface area contributed by atoms with Crippen LogP contribution in [0.3, 0.4) is 0 Å². The summed E-state index contributed by atoms with van der Waals surface area (Å²) in [5, 5.41) is 6.25. The Labute approximate surface area is 64.5 Å². The molecule has 1 aromatic rings. The zero-order valence-corrected chi connectivity index (χ0v) is 5.40. The molecule has 0 saturated heterocycles. The largest absolute Gasteiger partial charge is 0.268 e. The van der Waals surface area contributed by atoms with Gasteiger partial charge in [-0.15, -0.1) is 0 Å². The van der Waals surface area contributed by atoms with Crippen LogP contribution in [-0.2, 0) is 0 Å². The van der Waals surface area contributed by atoms with Crippen LogP contribution in [0, 0.1) is 4.64 Å². The molecule has 1 heterocycles. The SMILES string of the molecule is S=c1cccn[nH]1.[Li]. The second kappa shape index (κ2) is 3.85. The molecule has 2 nitrogen and oxygen atoms in total. The van der Waals surface area contributed by atoms with E-state index in [1.165, 1.54) is 0 Å². The molecule has 0 atom stereocenters. The van der Waals surface area contributed by atoms with Crippen LogP contribution in [0.5, 0.6) is 0 Å². The minimum atomic E-state index is 0. The Bertz CT molecular complexity index is 180. The van der Waals surface area contributed by atoms with Crippen LogP contribution in [-0.4, -0.2) is 29.1 Å². The fourth-order valence-corrected chi connectivity index (χ4v) is 0.443. The van der Waals surface area contributed by atoms with Crippen LogP contribution in [0.2, 0.25) is 0 Å². The van der Waals surface area contributed by atoms with E-state index in [2.05, 4.69) is 10.2 Å². The van der Waals surface area contributed by atoms with Crippen molar-refractivity contribution in [3.05, 3.63) is 23.0 Å². The number of hydrogen-bond donors (Lipinski definition) is 1. The smallest absolute Gasteiger partial charge is 0.119 e. The van der Waals surface area contributed by atoms with Gasteiger partial charge < -0.3 is 0 Å². The maximum Gasteiger partial charge on any atom is 0.119 e.